The second kappa shape index (κ2) is 11.7. The van der Waals surface area contributed by atoms with E-state index in [0.717, 1.165) is 16.8 Å². The van der Waals surface area contributed by atoms with Gasteiger partial charge in [0.25, 0.3) is 0 Å². The van der Waals surface area contributed by atoms with Gasteiger partial charge in [0.05, 0.1) is 11.4 Å². The largest absolute Gasteiger partial charge is 0.507 e. The lowest BCUT2D eigenvalue weighted by molar-refractivity contribution is -0.147. The first-order chi connectivity index (χ1) is 20.8. The molecule has 0 radical (unpaired) electrons. The summed E-state index contributed by atoms with van der Waals surface area (Å²) in [5.41, 5.74) is 4.21. The highest BCUT2D eigenvalue weighted by Crippen LogP contribution is 2.31. The molecule has 0 bridgehead atoms. The minimum Gasteiger partial charge on any atom is -0.507 e. The minimum atomic E-state index is -0.674. The number of nitrogens with zero attached hydrogens (tertiary/aromatic N) is 2. The molecule has 6 rings (SSSR count). The zero-order valence-corrected chi connectivity index (χ0v) is 23.0. The van der Waals surface area contributed by atoms with Gasteiger partial charge in [-0.3, -0.25) is 4.79 Å². The van der Waals surface area contributed by atoms with Gasteiger partial charge in [-0.1, -0.05) is 48.0 Å². The van der Waals surface area contributed by atoms with Crippen LogP contribution in [0.4, 0.5) is 4.39 Å². The van der Waals surface area contributed by atoms with E-state index in [1.165, 1.54) is 30.3 Å². The lowest BCUT2D eigenvalue weighted by Crippen LogP contribution is -2.15. The summed E-state index contributed by atoms with van der Waals surface area (Å²) >= 11 is 0. The Morgan fingerprint density at radius 1 is 0.930 bits per heavy atom. The molecule has 0 unspecified atom stereocenters. The van der Waals surface area contributed by atoms with Crippen molar-refractivity contribution >= 4 is 16.9 Å². The van der Waals surface area contributed by atoms with Crippen molar-refractivity contribution in [3.63, 3.8) is 0 Å². The van der Waals surface area contributed by atoms with Crippen LogP contribution in [0, 0.1) is 12.7 Å². The van der Waals surface area contributed by atoms with Gasteiger partial charge in [0.15, 0.2) is 12.0 Å². The molecule has 0 aliphatic carbocycles. The Morgan fingerprint density at radius 3 is 2.42 bits per heavy atom. The van der Waals surface area contributed by atoms with E-state index in [1.807, 2.05) is 49.4 Å². The van der Waals surface area contributed by atoms with Crippen LogP contribution in [0.1, 0.15) is 11.3 Å². The molecular formula is C34H25FN2O6. The number of carbonyl (C=O) groups excluding carboxylic acids is 1. The van der Waals surface area contributed by atoms with E-state index in [4.69, 9.17) is 13.9 Å². The summed E-state index contributed by atoms with van der Waals surface area (Å²) in [5, 5.41) is 15.1. The molecule has 8 nitrogen and oxygen atoms in total. The quantitative estimate of drug-likeness (QED) is 0.204. The van der Waals surface area contributed by atoms with Gasteiger partial charge >= 0.3 is 5.97 Å². The van der Waals surface area contributed by atoms with Gasteiger partial charge in [-0.05, 0) is 49.4 Å². The molecule has 0 spiro atoms. The topological polar surface area (TPSA) is 104 Å². The van der Waals surface area contributed by atoms with Crippen LogP contribution in [0.3, 0.4) is 0 Å². The lowest BCUT2D eigenvalue weighted by Gasteiger charge is -2.09. The summed E-state index contributed by atoms with van der Waals surface area (Å²) in [6.07, 6.45) is 0. The smallest absolute Gasteiger partial charge is 0.344 e. The molecule has 0 saturated heterocycles. The van der Waals surface area contributed by atoms with E-state index in [2.05, 4.69) is 5.10 Å². The molecule has 6 aromatic rings. The van der Waals surface area contributed by atoms with Crippen molar-refractivity contribution in [2.75, 3.05) is 6.61 Å². The van der Waals surface area contributed by atoms with Gasteiger partial charge in [0.2, 0.25) is 0 Å². The van der Waals surface area contributed by atoms with E-state index in [9.17, 15) is 19.1 Å². The molecular weight excluding hydrogens is 551 g/mol. The van der Waals surface area contributed by atoms with E-state index in [0.29, 0.717) is 22.7 Å². The van der Waals surface area contributed by atoms with Crippen molar-refractivity contribution in [3.05, 3.63) is 130 Å². The number of aromatic hydroxyl groups is 1. The predicted molar refractivity (Wildman–Crippen MR) is 159 cm³/mol. The average Bonchev–Trinajstić information content (AvgIpc) is 3.44. The molecule has 2 aromatic heterocycles. The van der Waals surface area contributed by atoms with E-state index in [-0.39, 0.29) is 34.9 Å². The number of halogens is 1. The van der Waals surface area contributed by atoms with Crippen molar-refractivity contribution in [1.82, 2.24) is 9.78 Å². The Bertz CT molecular complexity index is 1920. The Kier molecular flexibility index (Phi) is 7.44. The first-order valence-corrected chi connectivity index (χ1v) is 13.4. The van der Waals surface area contributed by atoms with Crippen LogP contribution in [-0.4, -0.2) is 27.5 Å². The zero-order valence-electron chi connectivity index (χ0n) is 23.0. The fraction of sp³-hybridized carbons (Fsp3) is 0.0882. The van der Waals surface area contributed by atoms with Crippen molar-refractivity contribution < 1.29 is 28.2 Å². The third-order valence-corrected chi connectivity index (χ3v) is 6.76. The number of hydrogen-bond donors (Lipinski definition) is 1. The number of phenolic OH excluding ortho intramolecular Hbond substituents is 1. The van der Waals surface area contributed by atoms with Gasteiger partial charge in [-0.2, -0.15) is 5.10 Å². The van der Waals surface area contributed by atoms with Gasteiger partial charge in [-0.25, -0.2) is 13.9 Å². The molecule has 0 aliphatic heterocycles. The normalized spacial score (nSPS) is 11.0. The fourth-order valence-corrected chi connectivity index (χ4v) is 4.62. The molecule has 0 amide bonds. The number of carbonyl (C=O) groups is 1. The molecule has 1 N–H and O–H groups in total. The maximum absolute atomic E-state index is 13.6. The SMILES string of the molecule is Cc1ccc(-n2nc(COC(=O)COc3cc(O)c4c(=O)cc(-c5ccccc5)oc4c3)cc2-c2ccc(F)cc2)cc1. The summed E-state index contributed by atoms with van der Waals surface area (Å²) < 4.78 is 32.1. The van der Waals surface area contributed by atoms with E-state index >= 15 is 0 Å². The third kappa shape index (κ3) is 6.01. The molecule has 4 aromatic carbocycles. The van der Waals surface area contributed by atoms with Gasteiger partial charge in [-0.15, -0.1) is 0 Å². The Labute approximate surface area is 245 Å². The lowest BCUT2D eigenvalue weighted by atomic mass is 10.1. The predicted octanol–water partition coefficient (Wildman–Crippen LogP) is 6.59. The highest BCUT2D eigenvalue weighted by molar-refractivity contribution is 5.86. The van der Waals surface area contributed by atoms with Crippen molar-refractivity contribution in [3.8, 4) is 39.8 Å². The number of esters is 1. The van der Waals surface area contributed by atoms with Gasteiger partial charge in [0, 0.05) is 29.3 Å². The Hall–Kier alpha value is -5.70. The number of aryl methyl sites for hydroxylation is 1. The van der Waals surface area contributed by atoms with Gasteiger partial charge < -0.3 is 19.0 Å². The van der Waals surface area contributed by atoms with E-state index in [1.54, 1.807) is 35.0 Å². The van der Waals surface area contributed by atoms with Crippen LogP contribution < -0.4 is 10.2 Å². The number of fused-ring (bicyclic) bond motifs is 1. The highest BCUT2D eigenvalue weighted by atomic mass is 19.1. The maximum atomic E-state index is 13.6. The first kappa shape index (κ1) is 27.5. The van der Waals surface area contributed by atoms with Gasteiger partial charge in [0.1, 0.15) is 46.3 Å². The molecule has 214 valence electrons. The summed E-state index contributed by atoms with van der Waals surface area (Å²) in [6, 6.07) is 28.7. The summed E-state index contributed by atoms with van der Waals surface area (Å²) in [7, 11) is 0. The van der Waals surface area contributed by atoms with Crippen LogP contribution in [0.5, 0.6) is 11.5 Å². The zero-order chi connectivity index (χ0) is 29.9. The number of rotatable bonds is 8. The second-order valence-electron chi connectivity index (χ2n) is 9.88. The Morgan fingerprint density at radius 2 is 1.67 bits per heavy atom. The average molecular weight is 577 g/mol. The first-order valence-electron chi connectivity index (χ1n) is 13.4. The molecule has 9 heteroatoms. The monoisotopic (exact) mass is 576 g/mol. The number of aromatic nitrogens is 2. The summed E-state index contributed by atoms with van der Waals surface area (Å²) in [6.45, 7) is 1.39. The van der Waals surface area contributed by atoms with Crippen molar-refractivity contribution in [1.29, 1.82) is 0 Å². The van der Waals surface area contributed by atoms with Crippen molar-refractivity contribution in [2.24, 2.45) is 0 Å². The second-order valence-corrected chi connectivity index (χ2v) is 9.88. The number of hydrogen-bond acceptors (Lipinski definition) is 7. The summed E-state index contributed by atoms with van der Waals surface area (Å²) in [4.78, 5) is 25.2. The fourth-order valence-electron chi connectivity index (χ4n) is 4.62. The minimum absolute atomic E-state index is 0.00993. The standard InChI is InChI=1S/C34H25FN2O6/c1-21-7-13-26(14-8-21)37-28(22-9-11-24(35)12-10-22)15-25(36-37)19-42-33(40)20-41-27-16-29(38)34-30(39)18-31(43-32(34)17-27)23-5-3-2-4-6-23/h2-18,38H,19-20H2,1H3. The number of benzene rings is 4. The van der Waals surface area contributed by atoms with Crippen LogP contribution in [0.25, 0.3) is 39.2 Å². The Balaban J connectivity index is 1.17. The molecule has 2 heterocycles. The maximum Gasteiger partial charge on any atom is 0.344 e. The number of phenols is 1. The third-order valence-electron chi connectivity index (χ3n) is 6.76. The van der Waals surface area contributed by atoms with Crippen LogP contribution >= 0.6 is 0 Å². The molecule has 0 atom stereocenters. The highest BCUT2D eigenvalue weighted by Gasteiger charge is 2.16. The molecule has 0 fully saturated rings. The molecule has 43 heavy (non-hydrogen) atoms. The van der Waals surface area contributed by atoms with Crippen molar-refractivity contribution in [2.45, 2.75) is 13.5 Å². The van der Waals surface area contributed by atoms with Crippen LogP contribution in [-0.2, 0) is 16.1 Å². The summed E-state index contributed by atoms with van der Waals surface area (Å²) in [5.74, 6) is -0.897. The number of ether oxygens (including phenoxy) is 2. The van der Waals surface area contributed by atoms with Crippen LogP contribution in [0.2, 0.25) is 0 Å². The molecule has 0 aliphatic rings. The molecule has 0 saturated carbocycles. The van der Waals surface area contributed by atoms with Crippen LogP contribution in [0.15, 0.2) is 112 Å². The van der Waals surface area contributed by atoms with E-state index < -0.39 is 18.0 Å².